The molecule has 0 aliphatic heterocycles. The lowest BCUT2D eigenvalue weighted by molar-refractivity contribution is 0.432. The van der Waals surface area contributed by atoms with Crippen LogP contribution in [0.3, 0.4) is 0 Å². The van der Waals surface area contributed by atoms with Crippen molar-refractivity contribution in [3.63, 3.8) is 0 Å². The zero-order valence-corrected chi connectivity index (χ0v) is 13.0. The van der Waals surface area contributed by atoms with Crippen LogP contribution in [-0.2, 0) is 11.8 Å². The second-order valence-corrected chi connectivity index (χ2v) is 4.98. The number of rotatable bonds is 0. The van der Waals surface area contributed by atoms with E-state index in [2.05, 4.69) is 26.0 Å². The van der Waals surface area contributed by atoms with Crippen LogP contribution < -0.4 is 0 Å². The summed E-state index contributed by atoms with van der Waals surface area (Å²) in [4.78, 5) is 0. The van der Waals surface area contributed by atoms with E-state index < -0.39 is 0 Å². The molecule has 0 saturated carbocycles. The molecule has 0 fully saturated rings. The second-order valence-electron chi connectivity index (χ2n) is 4.54. The number of halogens is 1. The van der Waals surface area contributed by atoms with E-state index in [-0.39, 0.29) is 0 Å². The van der Waals surface area contributed by atoms with Gasteiger partial charge in [0.1, 0.15) is 0 Å². The molecule has 0 nitrogen and oxygen atoms in total. The summed E-state index contributed by atoms with van der Waals surface area (Å²) in [6.45, 7) is 12.6. The molecule has 0 unspecified atom stereocenters. The molecule has 0 amide bonds. The SMILES string of the molecule is CC.CC.CC1(C)CCCc2ccc(Cl)cc21. The van der Waals surface area contributed by atoms with Gasteiger partial charge in [0.25, 0.3) is 0 Å². The van der Waals surface area contributed by atoms with Crippen LogP contribution in [0.5, 0.6) is 0 Å². The van der Waals surface area contributed by atoms with Crippen molar-refractivity contribution >= 4 is 11.6 Å². The Morgan fingerprint density at radius 1 is 1.06 bits per heavy atom. The average molecular weight is 255 g/mol. The standard InChI is InChI=1S/C12H15Cl.2C2H6/c1-12(2)7-3-4-9-5-6-10(13)8-11(9)12;2*1-2/h5-6,8H,3-4,7H2,1-2H3;2*1-2H3. The van der Waals surface area contributed by atoms with Crippen LogP contribution in [0.2, 0.25) is 5.02 Å². The molecule has 98 valence electrons. The lowest BCUT2D eigenvalue weighted by Gasteiger charge is -2.32. The van der Waals surface area contributed by atoms with Crippen molar-refractivity contribution in [1.29, 1.82) is 0 Å². The van der Waals surface area contributed by atoms with Gasteiger partial charge in [-0.25, -0.2) is 0 Å². The number of hydrogen-bond donors (Lipinski definition) is 0. The van der Waals surface area contributed by atoms with Crippen LogP contribution >= 0.6 is 11.6 Å². The van der Waals surface area contributed by atoms with Gasteiger partial charge in [0.05, 0.1) is 0 Å². The summed E-state index contributed by atoms with van der Waals surface area (Å²) >= 11 is 6.00. The lowest BCUT2D eigenvalue weighted by Crippen LogP contribution is -2.23. The highest BCUT2D eigenvalue weighted by Gasteiger charge is 2.26. The Morgan fingerprint density at radius 3 is 2.24 bits per heavy atom. The molecule has 0 bridgehead atoms. The molecule has 0 radical (unpaired) electrons. The molecule has 0 aromatic heterocycles. The molecule has 0 saturated heterocycles. The van der Waals surface area contributed by atoms with E-state index in [4.69, 9.17) is 11.6 Å². The van der Waals surface area contributed by atoms with E-state index in [9.17, 15) is 0 Å². The molecule has 0 heterocycles. The number of fused-ring (bicyclic) bond motifs is 1. The summed E-state index contributed by atoms with van der Waals surface area (Å²) in [6, 6.07) is 6.32. The van der Waals surface area contributed by atoms with Crippen LogP contribution in [0.25, 0.3) is 0 Å². The van der Waals surface area contributed by atoms with Crippen molar-refractivity contribution in [3.8, 4) is 0 Å². The van der Waals surface area contributed by atoms with Gasteiger partial charge in [-0.05, 0) is 47.9 Å². The first-order valence-corrected chi connectivity index (χ1v) is 7.26. The van der Waals surface area contributed by atoms with E-state index in [1.807, 2.05) is 33.8 Å². The van der Waals surface area contributed by atoms with Gasteiger partial charge >= 0.3 is 0 Å². The van der Waals surface area contributed by atoms with Crippen molar-refractivity contribution in [1.82, 2.24) is 0 Å². The van der Waals surface area contributed by atoms with Gasteiger partial charge in [-0.2, -0.15) is 0 Å². The molecular formula is C16H27Cl. The predicted molar refractivity (Wildman–Crippen MR) is 80.1 cm³/mol. The van der Waals surface area contributed by atoms with E-state index in [1.54, 1.807) is 0 Å². The molecule has 1 aromatic rings. The van der Waals surface area contributed by atoms with Crippen LogP contribution in [-0.4, -0.2) is 0 Å². The first kappa shape index (κ1) is 16.5. The number of aryl methyl sites for hydroxylation is 1. The molecule has 17 heavy (non-hydrogen) atoms. The van der Waals surface area contributed by atoms with E-state index >= 15 is 0 Å². The zero-order valence-electron chi connectivity index (χ0n) is 12.2. The Bertz CT molecular complexity index is 326. The smallest absolute Gasteiger partial charge is 0.0409 e. The summed E-state index contributed by atoms with van der Waals surface area (Å²) < 4.78 is 0. The summed E-state index contributed by atoms with van der Waals surface area (Å²) in [7, 11) is 0. The Balaban J connectivity index is 0.000000581. The highest BCUT2D eigenvalue weighted by molar-refractivity contribution is 6.30. The highest BCUT2D eigenvalue weighted by atomic mass is 35.5. The molecule has 1 aliphatic carbocycles. The Morgan fingerprint density at radius 2 is 1.65 bits per heavy atom. The Labute approximate surface area is 112 Å². The fourth-order valence-electron chi connectivity index (χ4n) is 2.25. The molecule has 1 aromatic carbocycles. The average Bonchev–Trinajstić information content (AvgIpc) is 2.35. The van der Waals surface area contributed by atoms with Crippen molar-refractivity contribution in [2.45, 2.75) is 66.2 Å². The van der Waals surface area contributed by atoms with Gasteiger partial charge in [0.15, 0.2) is 0 Å². The first-order valence-electron chi connectivity index (χ1n) is 6.88. The van der Waals surface area contributed by atoms with Gasteiger partial charge in [0.2, 0.25) is 0 Å². The minimum Gasteiger partial charge on any atom is -0.0843 e. The molecule has 2 rings (SSSR count). The van der Waals surface area contributed by atoms with Crippen molar-refractivity contribution < 1.29 is 0 Å². The van der Waals surface area contributed by atoms with Gasteiger partial charge in [0, 0.05) is 5.02 Å². The molecule has 0 atom stereocenters. The molecule has 1 aliphatic rings. The van der Waals surface area contributed by atoms with Crippen molar-refractivity contribution in [3.05, 3.63) is 34.3 Å². The quantitative estimate of drug-likeness (QED) is 0.532. The van der Waals surface area contributed by atoms with Gasteiger partial charge < -0.3 is 0 Å². The second kappa shape index (κ2) is 7.76. The number of hydrogen-bond acceptors (Lipinski definition) is 0. The topological polar surface area (TPSA) is 0 Å². The minimum atomic E-state index is 0.318. The van der Waals surface area contributed by atoms with Gasteiger partial charge in [-0.1, -0.05) is 59.2 Å². The minimum absolute atomic E-state index is 0.318. The molecular weight excluding hydrogens is 228 g/mol. The monoisotopic (exact) mass is 254 g/mol. The normalized spacial score (nSPS) is 15.7. The Kier molecular flexibility index (Phi) is 7.54. The van der Waals surface area contributed by atoms with Crippen LogP contribution in [0.4, 0.5) is 0 Å². The lowest BCUT2D eigenvalue weighted by atomic mass is 9.73. The molecule has 1 heteroatoms. The maximum atomic E-state index is 6.00. The Hall–Kier alpha value is -0.490. The summed E-state index contributed by atoms with van der Waals surface area (Å²) in [6.07, 6.45) is 3.80. The predicted octanol–water partition coefficient (Wildman–Crippen LogP) is 6.01. The van der Waals surface area contributed by atoms with Gasteiger partial charge in [-0.3, -0.25) is 0 Å². The fraction of sp³-hybridized carbons (Fsp3) is 0.625. The number of benzene rings is 1. The summed E-state index contributed by atoms with van der Waals surface area (Å²) in [5.74, 6) is 0. The largest absolute Gasteiger partial charge is 0.0843 e. The third-order valence-corrected chi connectivity index (χ3v) is 3.28. The van der Waals surface area contributed by atoms with E-state index in [0.29, 0.717) is 5.41 Å². The third kappa shape index (κ3) is 4.35. The van der Waals surface area contributed by atoms with Crippen LogP contribution in [0.15, 0.2) is 18.2 Å². The molecule has 0 N–H and O–H groups in total. The highest BCUT2D eigenvalue weighted by Crippen LogP contribution is 2.37. The molecule has 0 spiro atoms. The van der Waals surface area contributed by atoms with E-state index in [0.717, 1.165) is 5.02 Å². The summed E-state index contributed by atoms with van der Waals surface area (Å²) in [5, 5.41) is 0.869. The first-order chi connectivity index (χ1) is 8.09. The third-order valence-electron chi connectivity index (χ3n) is 3.05. The van der Waals surface area contributed by atoms with Gasteiger partial charge in [-0.15, -0.1) is 0 Å². The summed E-state index contributed by atoms with van der Waals surface area (Å²) in [5.41, 5.74) is 3.25. The van der Waals surface area contributed by atoms with Crippen molar-refractivity contribution in [2.24, 2.45) is 0 Å². The van der Waals surface area contributed by atoms with Crippen molar-refractivity contribution in [2.75, 3.05) is 0 Å². The van der Waals surface area contributed by atoms with Crippen LogP contribution in [0, 0.1) is 0 Å². The van der Waals surface area contributed by atoms with Crippen LogP contribution in [0.1, 0.15) is 65.5 Å². The maximum Gasteiger partial charge on any atom is 0.0409 e. The zero-order chi connectivity index (χ0) is 13.5. The van der Waals surface area contributed by atoms with E-state index in [1.165, 1.54) is 30.4 Å². The maximum absolute atomic E-state index is 6.00. The fourth-order valence-corrected chi connectivity index (χ4v) is 2.42.